The Bertz CT molecular complexity index is 606. The Labute approximate surface area is 153 Å². The minimum absolute atomic E-state index is 0.865. The van der Waals surface area contributed by atoms with Crippen LogP contribution in [0.5, 0.6) is 0 Å². The quantitative estimate of drug-likeness (QED) is 0.134. The van der Waals surface area contributed by atoms with Gasteiger partial charge in [-0.3, -0.25) is 9.59 Å². The first-order chi connectivity index (χ1) is 12.4. The van der Waals surface area contributed by atoms with Crippen LogP contribution in [0.15, 0.2) is 0 Å². The number of hydrogen-bond acceptors (Lipinski definition) is 10. The van der Waals surface area contributed by atoms with Gasteiger partial charge < -0.3 is 40.5 Å². The van der Waals surface area contributed by atoms with E-state index in [-0.39, 0.29) is 0 Å². The third-order valence-electron chi connectivity index (χ3n) is 3.51. The highest BCUT2D eigenvalue weighted by Crippen LogP contribution is 2.30. The highest BCUT2D eigenvalue weighted by atomic mass is 31.1. The average Bonchev–Trinajstić information content (AvgIpc) is 2.51. The van der Waals surface area contributed by atoms with E-state index in [0.717, 1.165) is 7.11 Å². The topological polar surface area (TPSA) is 232 Å². The molecule has 0 radical (unpaired) electrons. The minimum Gasteiger partial charge on any atom is -0.385 e. The first-order valence-electron chi connectivity index (χ1n) is 7.24. The van der Waals surface area contributed by atoms with Crippen LogP contribution in [-0.4, -0.2) is 98.0 Å². The third kappa shape index (κ3) is 6.16. The molecule has 0 spiro atoms. The zero-order valence-electron chi connectivity index (χ0n) is 13.8. The average molecular weight is 434 g/mol. The van der Waals surface area contributed by atoms with Crippen LogP contribution in [0.4, 0.5) is 0 Å². The summed E-state index contributed by atoms with van der Waals surface area (Å²) in [5.41, 5.74) is -2.89. The van der Waals surface area contributed by atoms with Crippen molar-refractivity contribution in [3.63, 3.8) is 0 Å². The molecule has 1 rings (SSSR count). The van der Waals surface area contributed by atoms with Gasteiger partial charge in [-0.25, -0.2) is 0 Å². The molecule has 0 aromatic heterocycles. The van der Waals surface area contributed by atoms with E-state index in [1.165, 1.54) is 0 Å². The zero-order valence-corrected chi connectivity index (χ0v) is 15.6. The molecule has 27 heavy (non-hydrogen) atoms. The first-order valence-corrected chi connectivity index (χ1v) is 10.0. The highest BCUT2D eigenvalue weighted by Gasteiger charge is 2.58. The lowest BCUT2D eigenvalue weighted by Gasteiger charge is -2.48. The van der Waals surface area contributed by atoms with Gasteiger partial charge in [0.05, 0.1) is 0 Å². The summed E-state index contributed by atoms with van der Waals surface area (Å²) in [6.07, 6.45) is -11.8. The van der Waals surface area contributed by atoms with Crippen LogP contribution in [0.1, 0.15) is 0 Å². The number of nitrogens with one attached hydrogen (secondary N) is 2. The Morgan fingerprint density at radius 1 is 1.15 bits per heavy atom. The van der Waals surface area contributed by atoms with E-state index in [4.69, 9.17) is 19.3 Å². The molecule has 0 bridgehead atoms. The van der Waals surface area contributed by atoms with Crippen LogP contribution in [0, 0.1) is 0 Å². The number of aliphatic hydroxyl groups is 4. The van der Waals surface area contributed by atoms with Crippen molar-refractivity contribution in [2.24, 2.45) is 0 Å². The number of methoxy groups -OCH3 is 1. The summed E-state index contributed by atoms with van der Waals surface area (Å²) in [6.45, 7) is 0. The van der Waals surface area contributed by atoms with Crippen molar-refractivity contribution in [1.29, 1.82) is 0 Å². The molecule has 0 saturated carbocycles. The fourth-order valence-corrected chi connectivity index (χ4v) is 2.98. The Balaban J connectivity index is 3.03. The molecule has 0 aliphatic carbocycles. The second-order valence-electron chi connectivity index (χ2n) is 5.50. The van der Waals surface area contributed by atoms with Crippen LogP contribution in [-0.2, 0) is 28.2 Å². The smallest absolute Gasteiger partial charge is 0.385 e. The second-order valence-corrected chi connectivity index (χ2v) is 7.54. The normalized spacial score (nSPS) is 33.0. The van der Waals surface area contributed by atoms with Crippen molar-refractivity contribution in [2.45, 2.75) is 36.6 Å². The van der Waals surface area contributed by atoms with Crippen LogP contribution in [0.25, 0.3) is 0 Å². The molecule has 0 aromatic carbocycles. The van der Waals surface area contributed by atoms with Gasteiger partial charge in [0, 0.05) is 7.11 Å². The molecule has 3 unspecified atom stereocenters. The highest BCUT2D eigenvalue weighted by molar-refractivity contribution is 7.39. The summed E-state index contributed by atoms with van der Waals surface area (Å²) in [5, 5.41) is 44.5. The first kappa shape index (κ1) is 23.9. The maximum atomic E-state index is 11.7. The van der Waals surface area contributed by atoms with Crippen molar-refractivity contribution < 1.29 is 58.4 Å². The van der Waals surface area contributed by atoms with Gasteiger partial charge in [0.25, 0.3) is 24.1 Å². The van der Waals surface area contributed by atoms with Crippen molar-refractivity contribution in [3.05, 3.63) is 0 Å². The molecule has 16 heteroatoms. The van der Waals surface area contributed by atoms with E-state index in [9.17, 15) is 39.1 Å². The maximum Gasteiger partial charge on any atom is 0.515 e. The predicted molar refractivity (Wildman–Crippen MR) is 84.3 cm³/mol. The second kappa shape index (κ2) is 9.85. The lowest BCUT2D eigenvalue weighted by atomic mass is 9.90. The van der Waals surface area contributed by atoms with Gasteiger partial charge in [-0.1, -0.05) is 0 Å². The molecular formula is C11H20N2O12P2+2. The summed E-state index contributed by atoms with van der Waals surface area (Å²) in [4.78, 5) is 40.5. The van der Waals surface area contributed by atoms with Crippen LogP contribution in [0.2, 0.25) is 0 Å². The van der Waals surface area contributed by atoms with Crippen molar-refractivity contribution >= 4 is 27.9 Å². The summed E-state index contributed by atoms with van der Waals surface area (Å²) in [7, 11) is -4.76. The molecule has 2 amide bonds. The molecule has 0 aromatic rings. The molecule has 1 aliphatic heterocycles. The SMILES string of the molecule is CO[C@H]1O[C@H](C(O)NC(=O)C[P+](=O)O)[C@@H](O)[C@@](O)(NC(=O)C[P+](=O)O)[C@@H]1O. The van der Waals surface area contributed by atoms with Gasteiger partial charge in [0.15, 0.2) is 24.3 Å². The number of carbonyl (C=O) groups is 2. The minimum atomic E-state index is -2.93. The van der Waals surface area contributed by atoms with E-state index in [1.807, 2.05) is 5.32 Å². The maximum absolute atomic E-state index is 11.7. The number of hydrogen-bond donors (Lipinski definition) is 8. The van der Waals surface area contributed by atoms with Gasteiger partial charge in [-0.15, -0.1) is 0 Å². The van der Waals surface area contributed by atoms with Crippen molar-refractivity contribution in [3.8, 4) is 0 Å². The van der Waals surface area contributed by atoms with Crippen molar-refractivity contribution in [1.82, 2.24) is 10.6 Å². The van der Waals surface area contributed by atoms with E-state index < -0.39 is 76.7 Å². The van der Waals surface area contributed by atoms with E-state index >= 15 is 0 Å². The molecule has 1 aliphatic rings. The van der Waals surface area contributed by atoms with Gasteiger partial charge in [-0.05, 0) is 9.13 Å². The molecule has 14 nitrogen and oxygen atoms in total. The van der Waals surface area contributed by atoms with Crippen LogP contribution in [0.3, 0.4) is 0 Å². The number of ether oxygens (including phenoxy) is 2. The molecule has 1 heterocycles. The Morgan fingerprint density at radius 2 is 1.67 bits per heavy atom. The molecule has 1 saturated heterocycles. The number of rotatable bonds is 8. The predicted octanol–water partition coefficient (Wildman–Crippen LogP) is -4.21. The summed E-state index contributed by atoms with van der Waals surface area (Å²) >= 11 is 0. The number of aliphatic hydroxyl groups excluding tert-OH is 3. The van der Waals surface area contributed by atoms with E-state index in [2.05, 4.69) is 0 Å². The van der Waals surface area contributed by atoms with Gasteiger partial charge in [0.1, 0.15) is 12.2 Å². The largest absolute Gasteiger partial charge is 0.515 e. The number of carbonyl (C=O) groups excluding carboxylic acids is 2. The van der Waals surface area contributed by atoms with Gasteiger partial charge >= 0.3 is 16.1 Å². The van der Waals surface area contributed by atoms with Crippen molar-refractivity contribution in [2.75, 3.05) is 19.4 Å². The van der Waals surface area contributed by atoms with E-state index in [0.29, 0.717) is 0 Å². The molecule has 154 valence electrons. The Morgan fingerprint density at radius 3 is 2.15 bits per heavy atom. The molecular weight excluding hydrogens is 414 g/mol. The molecule has 8 atom stereocenters. The fourth-order valence-electron chi connectivity index (χ4n) is 2.32. The van der Waals surface area contributed by atoms with E-state index in [1.54, 1.807) is 5.32 Å². The van der Waals surface area contributed by atoms with Crippen LogP contribution < -0.4 is 10.6 Å². The summed E-state index contributed by atoms with van der Waals surface area (Å²) < 4.78 is 31.1. The lowest BCUT2D eigenvalue weighted by Crippen LogP contribution is -2.76. The summed E-state index contributed by atoms with van der Waals surface area (Å²) in [6, 6.07) is 0. The lowest BCUT2D eigenvalue weighted by molar-refractivity contribution is -0.341. The Kier molecular flexibility index (Phi) is 8.70. The molecule has 8 N–H and O–H groups in total. The van der Waals surface area contributed by atoms with Gasteiger partial charge in [0.2, 0.25) is 0 Å². The summed E-state index contributed by atoms with van der Waals surface area (Å²) in [5.74, 6) is -2.31. The standard InChI is InChI=1S/C11H18N2O12P2/c1-24-10-8(17)11(19,13-5(15)3-27(22)23)7(16)6(25-10)9(18)12-4(14)2-26(20)21/h6-10,16-19H,2-3H2,1H3,(H2-2,12,13,14,15,20,21,22,23)/p+2/t6-,7+,8+,9?,10-,11-/m0/s1. The number of amides is 2. The Hall–Kier alpha value is -1.18. The zero-order chi connectivity index (χ0) is 20.9. The molecule has 1 fully saturated rings. The van der Waals surface area contributed by atoms with Crippen LogP contribution >= 0.6 is 16.1 Å². The third-order valence-corrected chi connectivity index (χ3v) is 4.63. The fraction of sp³-hybridized carbons (Fsp3) is 0.818. The monoisotopic (exact) mass is 434 g/mol. The van der Waals surface area contributed by atoms with Gasteiger partial charge in [-0.2, -0.15) is 9.79 Å².